The molecule has 29 heavy (non-hydrogen) atoms. The van der Waals surface area contributed by atoms with E-state index in [0.29, 0.717) is 22.8 Å². The van der Waals surface area contributed by atoms with Crippen molar-refractivity contribution >= 4 is 16.7 Å². The number of nitrogens with one attached hydrogen (secondary N) is 1. The summed E-state index contributed by atoms with van der Waals surface area (Å²) in [5.74, 6) is 0.0549. The van der Waals surface area contributed by atoms with Crippen molar-refractivity contribution in [3.63, 3.8) is 0 Å². The Kier molecular flexibility index (Phi) is 4.99. The number of likely N-dealkylation sites (tertiary alicyclic amines) is 1. The van der Waals surface area contributed by atoms with Gasteiger partial charge in [0, 0.05) is 29.7 Å². The van der Waals surface area contributed by atoms with Crippen molar-refractivity contribution in [1.29, 1.82) is 0 Å². The number of benzene rings is 1. The first kappa shape index (κ1) is 19.4. The van der Waals surface area contributed by atoms with Gasteiger partial charge in [0.25, 0.3) is 0 Å². The van der Waals surface area contributed by atoms with Crippen molar-refractivity contribution in [2.75, 3.05) is 25.5 Å². The summed E-state index contributed by atoms with van der Waals surface area (Å²) in [6.45, 7) is 1.93. The van der Waals surface area contributed by atoms with E-state index in [-0.39, 0.29) is 17.3 Å². The zero-order valence-corrected chi connectivity index (χ0v) is 15.7. The molecule has 0 aliphatic carbocycles. The van der Waals surface area contributed by atoms with Crippen molar-refractivity contribution < 1.29 is 18.3 Å². The quantitative estimate of drug-likeness (QED) is 0.691. The van der Waals surface area contributed by atoms with Gasteiger partial charge in [0.1, 0.15) is 17.0 Å². The number of aromatic hydroxyl groups is 1. The summed E-state index contributed by atoms with van der Waals surface area (Å²) in [5, 5.41) is 22.8. The van der Waals surface area contributed by atoms with Gasteiger partial charge in [0.15, 0.2) is 5.82 Å². The van der Waals surface area contributed by atoms with Gasteiger partial charge in [0.2, 0.25) is 0 Å². The number of phenols is 1. The first-order valence-corrected chi connectivity index (χ1v) is 9.30. The summed E-state index contributed by atoms with van der Waals surface area (Å²) in [4.78, 5) is 6.59. The normalized spacial score (nSPS) is 18.1. The highest BCUT2D eigenvalue weighted by atomic mass is 19.4. The van der Waals surface area contributed by atoms with E-state index in [2.05, 4.69) is 32.4 Å². The molecule has 2 N–H and O–H groups in total. The highest BCUT2D eigenvalue weighted by molar-refractivity contribution is 5.98. The molecule has 3 heterocycles. The highest BCUT2D eigenvalue weighted by Crippen LogP contribution is 2.38. The molecule has 0 radical (unpaired) electrons. The lowest BCUT2D eigenvalue weighted by atomic mass is 10.0. The summed E-state index contributed by atoms with van der Waals surface area (Å²) in [7, 11) is 2.07. The average Bonchev–Trinajstić information content (AvgIpc) is 2.68. The molecule has 0 bridgehead atoms. The molecule has 0 saturated carbocycles. The predicted molar refractivity (Wildman–Crippen MR) is 104 cm³/mol. The SMILES string of the molecule is CN1CCC[C@@H](Nc2nnc(-c3ccc(C(F)(F)F)cc3O)c3ncccc23)C1. The van der Waals surface area contributed by atoms with Crippen molar-refractivity contribution in [2.24, 2.45) is 0 Å². The molecular formula is C20H20F3N5O. The van der Waals surface area contributed by atoms with Crippen LogP contribution in [0.4, 0.5) is 19.0 Å². The minimum absolute atomic E-state index is 0.151. The lowest BCUT2D eigenvalue weighted by molar-refractivity contribution is -0.137. The molecule has 1 atom stereocenters. The number of likely N-dealkylation sites (N-methyl/N-ethyl adjacent to an activating group) is 1. The van der Waals surface area contributed by atoms with Crippen LogP contribution >= 0.6 is 0 Å². The summed E-state index contributed by atoms with van der Waals surface area (Å²) >= 11 is 0. The molecular weight excluding hydrogens is 383 g/mol. The second-order valence-corrected chi connectivity index (χ2v) is 7.27. The number of anilines is 1. The van der Waals surface area contributed by atoms with Gasteiger partial charge in [-0.2, -0.15) is 13.2 Å². The predicted octanol–water partition coefficient (Wildman–Crippen LogP) is 3.92. The van der Waals surface area contributed by atoms with Gasteiger partial charge >= 0.3 is 6.18 Å². The highest BCUT2D eigenvalue weighted by Gasteiger charge is 2.31. The Bertz CT molecular complexity index is 1040. The topological polar surface area (TPSA) is 74.2 Å². The van der Waals surface area contributed by atoms with E-state index < -0.39 is 17.5 Å². The van der Waals surface area contributed by atoms with E-state index in [0.717, 1.165) is 32.0 Å². The Balaban J connectivity index is 1.74. The van der Waals surface area contributed by atoms with Gasteiger partial charge in [-0.15, -0.1) is 10.2 Å². The smallest absolute Gasteiger partial charge is 0.416 e. The zero-order valence-electron chi connectivity index (χ0n) is 15.7. The number of nitrogens with zero attached hydrogens (tertiary/aromatic N) is 4. The third-order valence-corrected chi connectivity index (χ3v) is 5.08. The third-order valence-electron chi connectivity index (χ3n) is 5.08. The summed E-state index contributed by atoms with van der Waals surface area (Å²) in [6.07, 6.45) is -0.875. The molecule has 152 valence electrons. The number of hydrogen-bond acceptors (Lipinski definition) is 6. The standard InChI is InChI=1S/C20H20F3N5O/c1-28-9-3-4-13(11-28)25-19-15-5-2-8-24-17(15)18(26-27-19)14-7-6-12(10-16(14)29)20(21,22)23/h2,5-8,10,13,29H,3-4,9,11H2,1H3,(H,25,27)/t13-/m1/s1. The van der Waals surface area contributed by atoms with Crippen molar-refractivity contribution in [2.45, 2.75) is 25.1 Å². The third kappa shape index (κ3) is 3.95. The van der Waals surface area contributed by atoms with Crippen LogP contribution in [-0.2, 0) is 6.18 Å². The molecule has 0 unspecified atom stereocenters. The molecule has 9 heteroatoms. The Hall–Kier alpha value is -2.94. The number of phenolic OH excluding ortho intramolecular Hbond substituents is 1. The van der Waals surface area contributed by atoms with E-state index >= 15 is 0 Å². The van der Waals surface area contributed by atoms with Crippen LogP contribution in [0.15, 0.2) is 36.5 Å². The van der Waals surface area contributed by atoms with Crippen LogP contribution in [0.1, 0.15) is 18.4 Å². The van der Waals surface area contributed by atoms with Crippen molar-refractivity contribution in [1.82, 2.24) is 20.1 Å². The maximum Gasteiger partial charge on any atom is 0.416 e. The van der Waals surface area contributed by atoms with E-state index in [4.69, 9.17) is 0 Å². The second-order valence-electron chi connectivity index (χ2n) is 7.27. The fourth-order valence-corrected chi connectivity index (χ4v) is 3.66. The summed E-state index contributed by atoms with van der Waals surface area (Å²) < 4.78 is 38.7. The second kappa shape index (κ2) is 7.47. The number of hydrogen-bond donors (Lipinski definition) is 2. The molecule has 1 fully saturated rings. The molecule has 4 rings (SSSR count). The Morgan fingerprint density at radius 2 is 2.03 bits per heavy atom. The maximum absolute atomic E-state index is 12.9. The van der Waals surface area contributed by atoms with Crippen molar-refractivity contribution in [3.05, 3.63) is 42.1 Å². The van der Waals surface area contributed by atoms with Gasteiger partial charge in [0.05, 0.1) is 5.56 Å². The fraction of sp³-hybridized carbons (Fsp3) is 0.350. The summed E-state index contributed by atoms with van der Waals surface area (Å²) in [5.41, 5.74) is -0.0795. The van der Waals surface area contributed by atoms with E-state index in [1.807, 2.05) is 6.07 Å². The number of alkyl halides is 3. The zero-order chi connectivity index (χ0) is 20.6. The minimum Gasteiger partial charge on any atom is -0.507 e. The van der Waals surface area contributed by atoms with Crippen LogP contribution < -0.4 is 5.32 Å². The molecule has 1 saturated heterocycles. The lowest BCUT2D eigenvalue weighted by Gasteiger charge is -2.30. The molecule has 1 aliphatic heterocycles. The van der Waals surface area contributed by atoms with Crippen LogP contribution in [0.2, 0.25) is 0 Å². The Morgan fingerprint density at radius 1 is 1.21 bits per heavy atom. The van der Waals surface area contributed by atoms with Gasteiger partial charge in [-0.1, -0.05) is 0 Å². The van der Waals surface area contributed by atoms with Crippen LogP contribution in [-0.4, -0.2) is 51.4 Å². The van der Waals surface area contributed by atoms with Crippen molar-refractivity contribution in [3.8, 4) is 17.0 Å². The first-order chi connectivity index (χ1) is 13.8. The van der Waals surface area contributed by atoms with Gasteiger partial charge in [-0.25, -0.2) is 0 Å². The molecule has 0 spiro atoms. The first-order valence-electron chi connectivity index (χ1n) is 9.30. The van der Waals surface area contributed by atoms with Gasteiger partial charge in [-0.3, -0.25) is 4.98 Å². The number of pyridine rings is 1. The lowest BCUT2D eigenvalue weighted by Crippen LogP contribution is -2.40. The van der Waals surface area contributed by atoms with Crippen LogP contribution in [0.25, 0.3) is 22.2 Å². The molecule has 6 nitrogen and oxygen atoms in total. The van der Waals surface area contributed by atoms with Crippen LogP contribution in [0.5, 0.6) is 5.75 Å². The molecule has 2 aromatic heterocycles. The van der Waals surface area contributed by atoms with Crippen LogP contribution in [0, 0.1) is 0 Å². The Labute approximate surface area is 165 Å². The molecule has 0 amide bonds. The number of halogens is 3. The maximum atomic E-state index is 12.9. The Morgan fingerprint density at radius 3 is 2.76 bits per heavy atom. The van der Waals surface area contributed by atoms with E-state index in [9.17, 15) is 18.3 Å². The monoisotopic (exact) mass is 403 g/mol. The molecule has 3 aromatic rings. The fourth-order valence-electron chi connectivity index (χ4n) is 3.66. The van der Waals surface area contributed by atoms with E-state index in [1.54, 1.807) is 12.3 Å². The number of piperidine rings is 1. The van der Waals surface area contributed by atoms with Gasteiger partial charge < -0.3 is 15.3 Å². The number of aromatic nitrogens is 3. The number of rotatable bonds is 3. The van der Waals surface area contributed by atoms with Gasteiger partial charge in [-0.05, 0) is 56.8 Å². The minimum atomic E-state index is -4.54. The van der Waals surface area contributed by atoms with Crippen LogP contribution in [0.3, 0.4) is 0 Å². The molecule has 1 aliphatic rings. The largest absolute Gasteiger partial charge is 0.507 e. The van der Waals surface area contributed by atoms with E-state index in [1.165, 1.54) is 6.07 Å². The average molecular weight is 403 g/mol. The number of fused-ring (bicyclic) bond motifs is 1. The molecule has 1 aromatic carbocycles. The summed E-state index contributed by atoms with van der Waals surface area (Å²) in [6, 6.07) is 6.61.